The summed E-state index contributed by atoms with van der Waals surface area (Å²) in [6, 6.07) is 2.77. The lowest BCUT2D eigenvalue weighted by atomic mass is 10.2. The number of nitrogens with zero attached hydrogens (tertiary/aromatic N) is 2. The first kappa shape index (κ1) is 26.4. The van der Waals surface area contributed by atoms with Gasteiger partial charge in [-0.1, -0.05) is 19.6 Å². The normalized spacial score (nSPS) is 12.1. The van der Waals surface area contributed by atoms with Crippen molar-refractivity contribution < 1.29 is 36.2 Å². The Kier molecular flexibility index (Phi) is 7.70. The number of ether oxygens (including phenoxy) is 2. The first-order chi connectivity index (χ1) is 16.3. The number of halogens is 5. The molecule has 13 heteroatoms. The summed E-state index contributed by atoms with van der Waals surface area (Å²) in [5.74, 6) is -3.80. The Hall–Kier alpha value is -3.19. The fraction of sp³-hybridized carbons (Fsp3) is 0.364. The van der Waals surface area contributed by atoms with E-state index in [0.717, 1.165) is 30.4 Å². The van der Waals surface area contributed by atoms with Crippen LogP contribution in [0.15, 0.2) is 30.6 Å². The summed E-state index contributed by atoms with van der Waals surface area (Å²) in [4.78, 5) is 15.4. The maximum absolute atomic E-state index is 14.6. The van der Waals surface area contributed by atoms with Crippen molar-refractivity contribution in [2.24, 2.45) is 0 Å². The van der Waals surface area contributed by atoms with Crippen LogP contribution in [0, 0.1) is 11.6 Å². The molecule has 0 unspecified atom stereocenters. The second kappa shape index (κ2) is 10.2. The molecule has 3 aromatic rings. The molecule has 0 aliphatic heterocycles. The highest BCUT2D eigenvalue weighted by Gasteiger charge is 2.37. The number of pyridine rings is 1. The van der Waals surface area contributed by atoms with Crippen LogP contribution in [0.5, 0.6) is 11.5 Å². The maximum atomic E-state index is 14.6. The predicted molar refractivity (Wildman–Crippen MR) is 123 cm³/mol. The molecule has 0 aliphatic rings. The van der Waals surface area contributed by atoms with E-state index in [2.05, 4.69) is 35.3 Å². The fourth-order valence-electron chi connectivity index (χ4n) is 3.16. The monoisotopic (exact) mass is 516 g/mol. The van der Waals surface area contributed by atoms with E-state index in [1.54, 1.807) is 0 Å². The first-order valence-corrected chi connectivity index (χ1v) is 14.3. The van der Waals surface area contributed by atoms with Gasteiger partial charge in [-0.25, -0.2) is 18.6 Å². The molecule has 2 N–H and O–H groups in total. The van der Waals surface area contributed by atoms with Gasteiger partial charge in [-0.05, 0) is 12.1 Å². The minimum Gasteiger partial charge on any atom is -0.450 e. The zero-order chi connectivity index (χ0) is 26.0. The van der Waals surface area contributed by atoms with Gasteiger partial charge in [0.15, 0.2) is 17.4 Å². The molecule has 35 heavy (non-hydrogen) atoms. The number of hydrogen-bond donors (Lipinski definition) is 2. The Morgan fingerprint density at radius 2 is 1.83 bits per heavy atom. The van der Waals surface area contributed by atoms with Gasteiger partial charge in [-0.2, -0.15) is 13.2 Å². The molecule has 7 nitrogen and oxygen atoms in total. The number of fused-ring (bicyclic) bond motifs is 1. The van der Waals surface area contributed by atoms with Crippen molar-refractivity contribution in [2.75, 3.05) is 19.0 Å². The summed E-state index contributed by atoms with van der Waals surface area (Å²) < 4.78 is 82.7. The Morgan fingerprint density at radius 3 is 2.40 bits per heavy atom. The van der Waals surface area contributed by atoms with E-state index >= 15 is 0 Å². The molecule has 0 radical (unpaired) electrons. The van der Waals surface area contributed by atoms with Crippen LogP contribution >= 0.6 is 0 Å². The topological polar surface area (TPSA) is 77.4 Å². The number of urea groups is 1. The van der Waals surface area contributed by atoms with Crippen molar-refractivity contribution >= 4 is 30.8 Å². The molecular formula is C22H25F5N4O3Si. The average molecular weight is 517 g/mol. The van der Waals surface area contributed by atoms with Gasteiger partial charge in [0.1, 0.15) is 18.1 Å². The molecular weight excluding hydrogens is 491 g/mol. The zero-order valence-corrected chi connectivity index (χ0v) is 20.5. The van der Waals surface area contributed by atoms with E-state index in [1.807, 2.05) is 0 Å². The van der Waals surface area contributed by atoms with Gasteiger partial charge in [0.25, 0.3) is 0 Å². The number of benzene rings is 1. The van der Waals surface area contributed by atoms with Gasteiger partial charge in [0.2, 0.25) is 0 Å². The minimum atomic E-state index is -4.79. The number of amides is 2. The predicted octanol–water partition coefficient (Wildman–Crippen LogP) is 6.19. The molecule has 0 aliphatic carbocycles. The summed E-state index contributed by atoms with van der Waals surface area (Å²) >= 11 is 0. The highest BCUT2D eigenvalue weighted by molar-refractivity contribution is 6.76. The van der Waals surface area contributed by atoms with Crippen LogP contribution in [0.2, 0.25) is 25.7 Å². The molecule has 0 fully saturated rings. The molecule has 2 heterocycles. The fourth-order valence-corrected chi connectivity index (χ4v) is 3.92. The summed E-state index contributed by atoms with van der Waals surface area (Å²) in [7, 11) is -0.0845. The van der Waals surface area contributed by atoms with Gasteiger partial charge in [0, 0.05) is 51.9 Å². The van der Waals surface area contributed by atoms with E-state index in [4.69, 9.17) is 9.47 Å². The van der Waals surface area contributed by atoms with E-state index in [9.17, 15) is 26.7 Å². The third kappa shape index (κ3) is 6.48. The van der Waals surface area contributed by atoms with E-state index in [1.165, 1.54) is 17.8 Å². The number of hydrogen-bond acceptors (Lipinski definition) is 4. The quantitative estimate of drug-likeness (QED) is 0.213. The van der Waals surface area contributed by atoms with E-state index < -0.39 is 54.4 Å². The van der Waals surface area contributed by atoms with Crippen molar-refractivity contribution in [3.05, 3.63) is 47.8 Å². The average Bonchev–Trinajstić information content (AvgIpc) is 3.13. The van der Waals surface area contributed by atoms with Crippen molar-refractivity contribution in [3.8, 4) is 11.5 Å². The van der Waals surface area contributed by atoms with Crippen LogP contribution < -0.4 is 15.4 Å². The number of alkyl halides is 3. The van der Waals surface area contributed by atoms with Crippen molar-refractivity contribution in [1.29, 1.82) is 0 Å². The Bertz CT molecular complexity index is 1200. The van der Waals surface area contributed by atoms with E-state index in [0.29, 0.717) is 6.61 Å². The van der Waals surface area contributed by atoms with Crippen LogP contribution in [0.4, 0.5) is 32.4 Å². The third-order valence-electron chi connectivity index (χ3n) is 4.95. The standard InChI is InChI=1S/C22H25F5N4O3Si/c1-28-21(32)30-13-9-15(23)19(16(24)10-13)34-17-5-6-29-20-18(17)14(22(25,26)27)11-31(20)12-33-7-8-35(2,3)4/h5-6,9-11H,7-8,12H2,1-4H3,(H2,28,30,32). The lowest BCUT2D eigenvalue weighted by Crippen LogP contribution is -2.24. The van der Waals surface area contributed by atoms with Crippen LogP contribution in [0.25, 0.3) is 11.0 Å². The third-order valence-corrected chi connectivity index (χ3v) is 6.65. The molecule has 0 atom stereocenters. The molecule has 0 saturated carbocycles. The minimum absolute atomic E-state index is 0.110. The number of rotatable bonds is 8. The van der Waals surface area contributed by atoms with Gasteiger partial charge in [-0.15, -0.1) is 0 Å². The molecule has 2 amide bonds. The lowest BCUT2D eigenvalue weighted by molar-refractivity contribution is -0.136. The van der Waals surface area contributed by atoms with E-state index in [-0.39, 0.29) is 18.1 Å². The summed E-state index contributed by atoms with van der Waals surface area (Å²) in [5.41, 5.74) is -1.39. The summed E-state index contributed by atoms with van der Waals surface area (Å²) in [6.07, 6.45) is -2.78. The smallest absolute Gasteiger partial charge is 0.418 e. The SMILES string of the molecule is CNC(=O)Nc1cc(F)c(Oc2ccnc3c2c(C(F)(F)F)cn3COCC[Si](C)(C)C)c(F)c1. The highest BCUT2D eigenvalue weighted by atomic mass is 28.3. The maximum Gasteiger partial charge on any atom is 0.418 e. The largest absolute Gasteiger partial charge is 0.450 e. The van der Waals surface area contributed by atoms with Crippen molar-refractivity contribution in [1.82, 2.24) is 14.9 Å². The van der Waals surface area contributed by atoms with Crippen LogP contribution in [-0.4, -0.2) is 37.3 Å². The molecule has 2 aromatic heterocycles. The van der Waals surface area contributed by atoms with Gasteiger partial charge in [0.05, 0.1) is 10.9 Å². The molecule has 3 rings (SSSR count). The first-order valence-electron chi connectivity index (χ1n) is 10.6. The lowest BCUT2D eigenvalue weighted by Gasteiger charge is -2.15. The highest BCUT2D eigenvalue weighted by Crippen LogP contribution is 2.42. The van der Waals surface area contributed by atoms with Crippen LogP contribution in [-0.2, 0) is 17.6 Å². The van der Waals surface area contributed by atoms with Crippen molar-refractivity contribution in [2.45, 2.75) is 38.6 Å². The Labute approximate surface area is 199 Å². The second-order valence-electron chi connectivity index (χ2n) is 8.94. The van der Waals surface area contributed by atoms with Crippen LogP contribution in [0.3, 0.4) is 0 Å². The molecule has 0 saturated heterocycles. The Morgan fingerprint density at radius 1 is 1.17 bits per heavy atom. The Balaban J connectivity index is 1.98. The number of aromatic nitrogens is 2. The van der Waals surface area contributed by atoms with Gasteiger partial charge < -0.3 is 24.7 Å². The van der Waals surface area contributed by atoms with Crippen molar-refractivity contribution in [3.63, 3.8) is 0 Å². The number of carbonyl (C=O) groups excluding carboxylic acids is 1. The molecule has 0 spiro atoms. The van der Waals surface area contributed by atoms with Crippen LogP contribution in [0.1, 0.15) is 5.56 Å². The number of anilines is 1. The second-order valence-corrected chi connectivity index (χ2v) is 14.6. The van der Waals surface area contributed by atoms with Gasteiger partial charge in [-0.3, -0.25) is 0 Å². The molecule has 1 aromatic carbocycles. The number of nitrogens with one attached hydrogen (secondary N) is 2. The number of carbonyl (C=O) groups is 1. The molecule has 190 valence electrons. The van der Waals surface area contributed by atoms with Gasteiger partial charge >= 0.3 is 12.2 Å². The summed E-state index contributed by atoms with van der Waals surface area (Å²) in [6.45, 7) is 6.63. The molecule has 0 bridgehead atoms. The zero-order valence-electron chi connectivity index (χ0n) is 19.5. The summed E-state index contributed by atoms with van der Waals surface area (Å²) in [5, 5.41) is 3.97.